The Morgan fingerprint density at radius 3 is 2.18 bits per heavy atom. The Bertz CT molecular complexity index is 1130. The van der Waals surface area contributed by atoms with E-state index in [0.717, 1.165) is 5.56 Å². The molecule has 1 amide bonds. The molecule has 0 aliphatic carbocycles. The van der Waals surface area contributed by atoms with Crippen LogP contribution in [-0.2, 0) is 10.0 Å². The largest absolute Gasteiger partial charge is 0.321 e. The number of para-hydroxylation sites is 1. The highest BCUT2D eigenvalue weighted by Crippen LogP contribution is 2.25. The number of nitrogens with one attached hydrogen (secondary N) is 2. The van der Waals surface area contributed by atoms with Gasteiger partial charge >= 0.3 is 0 Å². The minimum absolute atomic E-state index is 0.156. The van der Waals surface area contributed by atoms with Crippen LogP contribution in [0.4, 0.5) is 11.4 Å². The van der Waals surface area contributed by atoms with Crippen LogP contribution in [0.5, 0.6) is 0 Å². The van der Waals surface area contributed by atoms with Crippen molar-refractivity contribution < 1.29 is 13.2 Å². The molecule has 0 saturated heterocycles. The van der Waals surface area contributed by atoms with Crippen molar-refractivity contribution in [1.29, 1.82) is 0 Å². The minimum Gasteiger partial charge on any atom is -0.321 e. The second kappa shape index (κ2) is 8.04. The van der Waals surface area contributed by atoms with Gasteiger partial charge in [0.25, 0.3) is 15.9 Å². The Labute approximate surface area is 169 Å². The van der Waals surface area contributed by atoms with Crippen LogP contribution in [0.15, 0.2) is 71.6 Å². The number of sulfonamides is 1. The average Bonchev–Trinajstić information content (AvgIpc) is 2.65. The van der Waals surface area contributed by atoms with Crippen molar-refractivity contribution in [3.05, 3.63) is 88.4 Å². The van der Waals surface area contributed by atoms with E-state index in [1.165, 1.54) is 0 Å². The third-order valence-corrected chi connectivity index (χ3v) is 5.99. The summed E-state index contributed by atoms with van der Waals surface area (Å²) in [5.41, 5.74) is 2.66. The van der Waals surface area contributed by atoms with Crippen molar-refractivity contribution in [2.45, 2.75) is 18.7 Å². The van der Waals surface area contributed by atoms with E-state index in [-0.39, 0.29) is 10.8 Å². The molecule has 7 heteroatoms. The molecule has 3 aromatic carbocycles. The molecule has 144 valence electrons. The smallest absolute Gasteiger partial charge is 0.261 e. The highest BCUT2D eigenvalue weighted by atomic mass is 35.5. The number of hydrogen-bond acceptors (Lipinski definition) is 3. The van der Waals surface area contributed by atoms with Crippen molar-refractivity contribution >= 4 is 38.9 Å². The highest BCUT2D eigenvalue weighted by molar-refractivity contribution is 7.92. The molecule has 28 heavy (non-hydrogen) atoms. The summed E-state index contributed by atoms with van der Waals surface area (Å²) in [5, 5.41) is 3.17. The number of aryl methyl sites for hydroxylation is 1. The topological polar surface area (TPSA) is 75.3 Å². The summed E-state index contributed by atoms with van der Waals surface area (Å²) >= 11 is 6.09. The van der Waals surface area contributed by atoms with Gasteiger partial charge in [0.05, 0.1) is 21.3 Å². The van der Waals surface area contributed by atoms with Crippen LogP contribution in [0.3, 0.4) is 0 Å². The maximum Gasteiger partial charge on any atom is 0.261 e. The van der Waals surface area contributed by atoms with Gasteiger partial charge in [-0.05, 0) is 55.8 Å². The molecule has 0 aliphatic heterocycles. The summed E-state index contributed by atoms with van der Waals surface area (Å²) in [6, 6.07) is 18.3. The summed E-state index contributed by atoms with van der Waals surface area (Å²) in [5.74, 6) is -0.373. The molecule has 0 aliphatic rings. The van der Waals surface area contributed by atoms with Crippen LogP contribution in [-0.4, -0.2) is 14.3 Å². The van der Waals surface area contributed by atoms with Crippen molar-refractivity contribution in [2.75, 3.05) is 10.0 Å². The van der Waals surface area contributed by atoms with Gasteiger partial charge in [-0.25, -0.2) is 8.42 Å². The number of carbonyl (C=O) groups is 1. The van der Waals surface area contributed by atoms with E-state index in [0.29, 0.717) is 27.5 Å². The quantitative estimate of drug-likeness (QED) is 0.616. The molecule has 2 N–H and O–H groups in total. The van der Waals surface area contributed by atoms with E-state index in [1.54, 1.807) is 73.7 Å². The van der Waals surface area contributed by atoms with Crippen molar-refractivity contribution in [2.24, 2.45) is 0 Å². The summed E-state index contributed by atoms with van der Waals surface area (Å²) < 4.78 is 27.9. The zero-order chi connectivity index (χ0) is 20.3. The molecular weight excluding hydrogens is 396 g/mol. The van der Waals surface area contributed by atoms with Gasteiger partial charge < -0.3 is 5.32 Å². The van der Waals surface area contributed by atoms with E-state index in [4.69, 9.17) is 11.6 Å². The van der Waals surface area contributed by atoms with Gasteiger partial charge in [-0.15, -0.1) is 0 Å². The van der Waals surface area contributed by atoms with E-state index in [9.17, 15) is 13.2 Å². The SMILES string of the molecule is Cc1ccc(S(=O)(=O)Nc2cccc(C(=O)Nc3ccccc3Cl)c2C)cc1. The second-order valence-corrected chi connectivity index (χ2v) is 8.42. The Kier molecular flexibility index (Phi) is 5.72. The number of anilines is 2. The van der Waals surface area contributed by atoms with E-state index in [2.05, 4.69) is 10.0 Å². The second-order valence-electron chi connectivity index (χ2n) is 6.33. The summed E-state index contributed by atoms with van der Waals surface area (Å²) in [6.45, 7) is 3.57. The highest BCUT2D eigenvalue weighted by Gasteiger charge is 2.18. The first-order chi connectivity index (χ1) is 13.3. The lowest BCUT2D eigenvalue weighted by atomic mass is 10.1. The number of carbonyl (C=O) groups excluding carboxylic acids is 1. The lowest BCUT2D eigenvalue weighted by Gasteiger charge is -2.14. The summed E-state index contributed by atoms with van der Waals surface area (Å²) in [4.78, 5) is 12.8. The first-order valence-electron chi connectivity index (χ1n) is 8.53. The lowest BCUT2D eigenvalue weighted by molar-refractivity contribution is 0.102. The average molecular weight is 415 g/mol. The fourth-order valence-electron chi connectivity index (χ4n) is 2.67. The van der Waals surface area contributed by atoms with Crippen LogP contribution in [0, 0.1) is 13.8 Å². The van der Waals surface area contributed by atoms with Gasteiger partial charge in [-0.2, -0.15) is 0 Å². The number of halogens is 1. The minimum atomic E-state index is -3.76. The van der Waals surface area contributed by atoms with E-state index in [1.807, 2.05) is 6.92 Å². The Hall–Kier alpha value is -2.83. The first-order valence-corrected chi connectivity index (χ1v) is 10.4. The van der Waals surface area contributed by atoms with Crippen LogP contribution >= 0.6 is 11.6 Å². The molecule has 0 spiro atoms. The molecule has 0 bridgehead atoms. The number of amides is 1. The van der Waals surface area contributed by atoms with Crippen LogP contribution in [0.2, 0.25) is 5.02 Å². The van der Waals surface area contributed by atoms with Gasteiger partial charge in [-0.3, -0.25) is 9.52 Å². The Morgan fingerprint density at radius 1 is 0.857 bits per heavy atom. The predicted molar refractivity (Wildman–Crippen MR) is 113 cm³/mol. The van der Waals surface area contributed by atoms with Crippen LogP contribution < -0.4 is 10.0 Å². The Morgan fingerprint density at radius 2 is 1.50 bits per heavy atom. The molecule has 0 saturated carbocycles. The summed E-state index contributed by atoms with van der Waals surface area (Å²) in [7, 11) is -3.76. The lowest BCUT2D eigenvalue weighted by Crippen LogP contribution is -2.17. The zero-order valence-electron chi connectivity index (χ0n) is 15.4. The predicted octanol–water partition coefficient (Wildman–Crippen LogP) is 5.01. The maximum atomic E-state index is 12.7. The Balaban J connectivity index is 1.87. The van der Waals surface area contributed by atoms with Gasteiger partial charge in [0.1, 0.15) is 0 Å². The molecule has 3 rings (SSSR count). The molecule has 0 fully saturated rings. The van der Waals surface area contributed by atoms with Gasteiger partial charge in [0, 0.05) is 5.56 Å². The van der Waals surface area contributed by atoms with Crippen LogP contribution in [0.25, 0.3) is 0 Å². The van der Waals surface area contributed by atoms with Gasteiger partial charge in [0.2, 0.25) is 0 Å². The number of rotatable bonds is 5. The number of hydrogen-bond donors (Lipinski definition) is 2. The standard InChI is InChI=1S/C21H19ClN2O3S/c1-14-10-12-16(13-11-14)28(26,27)24-19-9-5-6-17(15(19)2)21(25)23-20-8-4-3-7-18(20)22/h3-13,24H,1-2H3,(H,23,25). The molecular formula is C21H19ClN2O3S. The third kappa shape index (κ3) is 4.35. The monoisotopic (exact) mass is 414 g/mol. The molecule has 0 radical (unpaired) electrons. The van der Waals surface area contributed by atoms with Gasteiger partial charge in [-0.1, -0.05) is 47.5 Å². The van der Waals surface area contributed by atoms with E-state index < -0.39 is 10.0 Å². The first kappa shape index (κ1) is 19.9. The normalized spacial score (nSPS) is 11.1. The molecule has 0 heterocycles. The zero-order valence-corrected chi connectivity index (χ0v) is 16.9. The number of benzene rings is 3. The summed E-state index contributed by atoms with van der Waals surface area (Å²) in [6.07, 6.45) is 0. The van der Waals surface area contributed by atoms with Crippen LogP contribution in [0.1, 0.15) is 21.5 Å². The van der Waals surface area contributed by atoms with Crippen molar-refractivity contribution in [1.82, 2.24) is 0 Å². The van der Waals surface area contributed by atoms with E-state index >= 15 is 0 Å². The maximum absolute atomic E-state index is 12.7. The van der Waals surface area contributed by atoms with Crippen molar-refractivity contribution in [3.63, 3.8) is 0 Å². The molecule has 5 nitrogen and oxygen atoms in total. The van der Waals surface area contributed by atoms with Gasteiger partial charge in [0.15, 0.2) is 0 Å². The molecule has 0 atom stereocenters. The fourth-order valence-corrected chi connectivity index (χ4v) is 3.97. The molecule has 0 aromatic heterocycles. The third-order valence-electron chi connectivity index (χ3n) is 4.28. The molecule has 3 aromatic rings. The fraction of sp³-hybridized carbons (Fsp3) is 0.0952. The molecule has 0 unspecified atom stereocenters. The van der Waals surface area contributed by atoms with Crippen molar-refractivity contribution in [3.8, 4) is 0 Å².